The van der Waals surface area contributed by atoms with Gasteiger partial charge in [-0.05, 0) is 6.92 Å². The number of aliphatic hydroxyl groups is 1. The van der Waals surface area contributed by atoms with Gasteiger partial charge in [0, 0.05) is 18.8 Å². The number of nitrogens with two attached hydrogens (primary N) is 1. The zero-order valence-corrected chi connectivity index (χ0v) is 8.28. The third kappa shape index (κ3) is 3.22. The number of hydrogen-bond donors (Lipinski definition) is 5. The van der Waals surface area contributed by atoms with E-state index < -0.39 is 23.7 Å². The van der Waals surface area contributed by atoms with Crippen molar-refractivity contribution < 1.29 is 9.90 Å². The number of carbonyl (C=O) groups excluding carboxylic acids is 1. The van der Waals surface area contributed by atoms with Gasteiger partial charge < -0.3 is 26.1 Å². The Balaban J connectivity index is 2.47. The number of amides is 1. The molecule has 1 aromatic heterocycles. The first kappa shape index (κ1) is 11.5. The molecule has 0 aromatic carbocycles. The molecule has 0 bridgehead atoms. The van der Waals surface area contributed by atoms with Crippen LogP contribution in [0.5, 0.6) is 0 Å². The van der Waals surface area contributed by atoms with E-state index in [0.717, 1.165) is 0 Å². The molecule has 6 N–H and O–H groups in total. The van der Waals surface area contributed by atoms with E-state index in [1.807, 2.05) is 0 Å². The Kier molecular flexibility index (Phi) is 3.64. The fourth-order valence-corrected chi connectivity index (χ4v) is 0.931. The highest BCUT2D eigenvalue weighted by atomic mass is 16.3. The molecule has 0 aliphatic heterocycles. The summed E-state index contributed by atoms with van der Waals surface area (Å²) in [6.07, 6.45) is 0.571. The van der Waals surface area contributed by atoms with Gasteiger partial charge in [-0.15, -0.1) is 0 Å². The molecule has 2 atom stereocenters. The molecule has 7 nitrogen and oxygen atoms in total. The highest BCUT2D eigenvalue weighted by Gasteiger charge is 2.12. The molecule has 84 valence electrons. The standard InChI is InChI=1S/C8H14N4O3/c1-4(13)5(9)2-10-7(14)6-3-11-8(15)12-6/h3-5,13H,2,9H2,1H3,(H,10,14)(H2,11,12,15). The summed E-state index contributed by atoms with van der Waals surface area (Å²) < 4.78 is 0. The summed E-state index contributed by atoms with van der Waals surface area (Å²) >= 11 is 0. The second kappa shape index (κ2) is 4.76. The zero-order valence-electron chi connectivity index (χ0n) is 8.28. The second-order valence-electron chi connectivity index (χ2n) is 3.27. The summed E-state index contributed by atoms with van der Waals surface area (Å²) in [6, 6.07) is -0.528. The average Bonchev–Trinajstić information content (AvgIpc) is 2.60. The largest absolute Gasteiger partial charge is 0.392 e. The van der Waals surface area contributed by atoms with Crippen LogP contribution in [0, 0.1) is 0 Å². The van der Waals surface area contributed by atoms with E-state index in [2.05, 4.69) is 15.3 Å². The predicted octanol–water partition coefficient (Wildman–Crippen LogP) is -1.86. The number of aliphatic hydroxyl groups excluding tert-OH is 1. The summed E-state index contributed by atoms with van der Waals surface area (Å²) in [5.74, 6) is -0.440. The lowest BCUT2D eigenvalue weighted by atomic mass is 10.2. The molecule has 0 radical (unpaired) electrons. The minimum absolute atomic E-state index is 0.137. The number of imidazole rings is 1. The molecule has 0 saturated heterocycles. The van der Waals surface area contributed by atoms with Gasteiger partial charge in [0.15, 0.2) is 0 Å². The van der Waals surface area contributed by atoms with Crippen molar-refractivity contribution in [3.63, 3.8) is 0 Å². The Morgan fingerprint density at radius 2 is 2.40 bits per heavy atom. The summed E-state index contributed by atoms with van der Waals surface area (Å²) in [5, 5.41) is 11.5. The summed E-state index contributed by atoms with van der Waals surface area (Å²) in [5.41, 5.74) is 5.20. The Bertz CT molecular complexity index is 381. The van der Waals surface area contributed by atoms with Crippen molar-refractivity contribution in [1.29, 1.82) is 0 Å². The summed E-state index contributed by atoms with van der Waals surface area (Å²) in [4.78, 5) is 26.6. The smallest absolute Gasteiger partial charge is 0.323 e. The number of nitrogens with one attached hydrogen (secondary N) is 3. The third-order valence-corrected chi connectivity index (χ3v) is 1.96. The quantitative estimate of drug-likeness (QED) is 0.403. The summed E-state index contributed by atoms with van der Waals surface area (Å²) in [7, 11) is 0. The van der Waals surface area contributed by atoms with Gasteiger partial charge in [-0.25, -0.2) is 4.79 Å². The molecule has 1 amide bonds. The van der Waals surface area contributed by atoms with E-state index in [9.17, 15) is 9.59 Å². The predicted molar refractivity (Wildman–Crippen MR) is 53.4 cm³/mol. The molecule has 0 aliphatic rings. The van der Waals surface area contributed by atoms with Crippen LogP contribution >= 0.6 is 0 Å². The Morgan fingerprint density at radius 3 is 2.87 bits per heavy atom. The van der Waals surface area contributed by atoms with Crippen molar-refractivity contribution in [1.82, 2.24) is 15.3 Å². The van der Waals surface area contributed by atoms with E-state index >= 15 is 0 Å². The second-order valence-corrected chi connectivity index (χ2v) is 3.27. The highest BCUT2D eigenvalue weighted by molar-refractivity contribution is 5.91. The molecular weight excluding hydrogens is 200 g/mol. The maximum Gasteiger partial charge on any atom is 0.323 e. The van der Waals surface area contributed by atoms with Crippen LogP contribution in [-0.2, 0) is 0 Å². The number of rotatable bonds is 4. The molecule has 1 aromatic rings. The molecular formula is C8H14N4O3. The van der Waals surface area contributed by atoms with Crippen LogP contribution < -0.4 is 16.7 Å². The molecule has 0 saturated carbocycles. The molecule has 0 spiro atoms. The lowest BCUT2D eigenvalue weighted by molar-refractivity contribution is 0.0933. The van der Waals surface area contributed by atoms with Crippen LogP contribution in [0.2, 0.25) is 0 Å². The Hall–Kier alpha value is -1.60. The summed E-state index contributed by atoms with van der Waals surface area (Å²) in [6.45, 7) is 1.68. The molecule has 15 heavy (non-hydrogen) atoms. The van der Waals surface area contributed by atoms with Gasteiger partial charge in [-0.2, -0.15) is 0 Å². The van der Waals surface area contributed by atoms with Gasteiger partial charge in [0.2, 0.25) is 0 Å². The Morgan fingerprint density at radius 1 is 1.73 bits per heavy atom. The van der Waals surface area contributed by atoms with Gasteiger partial charge in [-0.1, -0.05) is 0 Å². The lowest BCUT2D eigenvalue weighted by Gasteiger charge is -2.14. The van der Waals surface area contributed by atoms with E-state index in [1.165, 1.54) is 13.1 Å². The molecule has 2 unspecified atom stereocenters. The van der Waals surface area contributed by atoms with E-state index in [0.29, 0.717) is 0 Å². The first-order valence-corrected chi connectivity index (χ1v) is 4.50. The van der Waals surface area contributed by atoms with Crippen molar-refractivity contribution >= 4 is 5.91 Å². The minimum atomic E-state index is -0.699. The average molecular weight is 214 g/mol. The van der Waals surface area contributed by atoms with Crippen LogP contribution in [-0.4, -0.2) is 39.7 Å². The SMILES string of the molecule is CC(O)C(N)CNC(=O)c1c[nH]c(=O)[nH]1. The normalized spacial score (nSPS) is 14.6. The van der Waals surface area contributed by atoms with Crippen LogP contribution in [0.25, 0.3) is 0 Å². The number of hydrogen-bond acceptors (Lipinski definition) is 4. The molecule has 0 aliphatic carbocycles. The maximum atomic E-state index is 11.3. The topological polar surface area (TPSA) is 124 Å². The number of carbonyl (C=O) groups is 1. The van der Waals surface area contributed by atoms with Crippen molar-refractivity contribution in [2.45, 2.75) is 19.1 Å². The van der Waals surface area contributed by atoms with Gasteiger partial charge in [0.05, 0.1) is 6.10 Å². The first-order chi connectivity index (χ1) is 7.00. The van der Waals surface area contributed by atoms with Crippen LogP contribution in [0.4, 0.5) is 0 Å². The van der Waals surface area contributed by atoms with Crippen LogP contribution in [0.3, 0.4) is 0 Å². The molecule has 7 heteroatoms. The van der Waals surface area contributed by atoms with Crippen molar-refractivity contribution in [2.75, 3.05) is 6.54 Å². The van der Waals surface area contributed by atoms with Crippen LogP contribution in [0.1, 0.15) is 17.4 Å². The Labute approximate surface area is 85.7 Å². The van der Waals surface area contributed by atoms with Crippen molar-refractivity contribution in [3.05, 3.63) is 22.4 Å². The maximum absolute atomic E-state index is 11.3. The van der Waals surface area contributed by atoms with Gasteiger partial charge >= 0.3 is 5.69 Å². The number of aromatic nitrogens is 2. The number of aromatic amines is 2. The van der Waals surface area contributed by atoms with Crippen molar-refractivity contribution in [2.24, 2.45) is 5.73 Å². The first-order valence-electron chi connectivity index (χ1n) is 4.50. The fourth-order valence-electron chi connectivity index (χ4n) is 0.931. The third-order valence-electron chi connectivity index (χ3n) is 1.96. The van der Waals surface area contributed by atoms with E-state index in [4.69, 9.17) is 10.8 Å². The lowest BCUT2D eigenvalue weighted by Crippen LogP contribution is -2.43. The van der Waals surface area contributed by atoms with Crippen LogP contribution in [0.15, 0.2) is 11.0 Å². The monoisotopic (exact) mass is 214 g/mol. The van der Waals surface area contributed by atoms with Gasteiger partial charge in [-0.3, -0.25) is 4.79 Å². The van der Waals surface area contributed by atoms with Crippen molar-refractivity contribution in [3.8, 4) is 0 Å². The molecule has 0 fully saturated rings. The molecule has 1 heterocycles. The highest BCUT2D eigenvalue weighted by Crippen LogP contribution is 1.90. The fraction of sp³-hybridized carbons (Fsp3) is 0.500. The molecule has 1 rings (SSSR count). The van der Waals surface area contributed by atoms with E-state index in [-0.39, 0.29) is 12.2 Å². The van der Waals surface area contributed by atoms with E-state index in [1.54, 1.807) is 0 Å². The zero-order chi connectivity index (χ0) is 11.4. The number of H-pyrrole nitrogens is 2. The van der Waals surface area contributed by atoms with Gasteiger partial charge in [0.25, 0.3) is 5.91 Å². The minimum Gasteiger partial charge on any atom is -0.392 e. The van der Waals surface area contributed by atoms with Gasteiger partial charge in [0.1, 0.15) is 5.69 Å².